The fourth-order valence-electron chi connectivity index (χ4n) is 6.14. The SMILES string of the molecule is O=C(Cc1ccc2c(c1)CCO2)NC12CC3CC(CC(C3)C1)C2. The van der Waals surface area contributed by atoms with Crippen molar-refractivity contribution in [2.45, 2.75) is 56.9 Å². The molecule has 23 heavy (non-hydrogen) atoms. The lowest BCUT2D eigenvalue weighted by atomic mass is 9.53. The number of rotatable bonds is 3. The van der Waals surface area contributed by atoms with Gasteiger partial charge in [-0.3, -0.25) is 4.79 Å². The third-order valence-electron chi connectivity index (χ3n) is 6.56. The lowest BCUT2D eigenvalue weighted by Crippen LogP contribution is -2.60. The fourth-order valence-corrected chi connectivity index (χ4v) is 6.14. The summed E-state index contributed by atoms with van der Waals surface area (Å²) in [6, 6.07) is 6.22. The van der Waals surface area contributed by atoms with E-state index >= 15 is 0 Å². The average Bonchev–Trinajstić information content (AvgIpc) is 2.92. The summed E-state index contributed by atoms with van der Waals surface area (Å²) >= 11 is 0. The molecule has 0 aromatic heterocycles. The van der Waals surface area contributed by atoms with Gasteiger partial charge < -0.3 is 10.1 Å². The molecule has 122 valence electrons. The van der Waals surface area contributed by atoms with E-state index in [4.69, 9.17) is 4.74 Å². The van der Waals surface area contributed by atoms with Crippen LogP contribution < -0.4 is 10.1 Å². The van der Waals surface area contributed by atoms with Crippen LogP contribution in [0.5, 0.6) is 5.75 Å². The zero-order chi connectivity index (χ0) is 15.4. The van der Waals surface area contributed by atoms with Gasteiger partial charge in [0.2, 0.25) is 5.91 Å². The molecule has 4 bridgehead atoms. The van der Waals surface area contributed by atoms with E-state index in [0.29, 0.717) is 6.42 Å². The van der Waals surface area contributed by atoms with Crippen molar-refractivity contribution >= 4 is 5.91 Å². The van der Waals surface area contributed by atoms with Crippen molar-refractivity contribution in [3.8, 4) is 5.75 Å². The van der Waals surface area contributed by atoms with Crippen LogP contribution in [0.3, 0.4) is 0 Å². The lowest BCUT2D eigenvalue weighted by molar-refractivity contribution is -0.126. The van der Waals surface area contributed by atoms with Gasteiger partial charge in [0.05, 0.1) is 13.0 Å². The van der Waals surface area contributed by atoms with Crippen LogP contribution in [0.2, 0.25) is 0 Å². The molecule has 1 heterocycles. The largest absolute Gasteiger partial charge is 0.493 e. The first kappa shape index (κ1) is 13.9. The number of hydrogen-bond acceptors (Lipinski definition) is 2. The van der Waals surface area contributed by atoms with Gasteiger partial charge in [-0.25, -0.2) is 0 Å². The number of carbonyl (C=O) groups is 1. The van der Waals surface area contributed by atoms with Gasteiger partial charge in [-0.05, 0) is 73.5 Å². The molecule has 1 aromatic rings. The Hall–Kier alpha value is -1.51. The van der Waals surface area contributed by atoms with Crippen molar-refractivity contribution in [2.24, 2.45) is 17.8 Å². The molecular weight excluding hydrogens is 286 g/mol. The van der Waals surface area contributed by atoms with Crippen LogP contribution in [0.1, 0.15) is 49.7 Å². The monoisotopic (exact) mass is 311 g/mol. The summed E-state index contributed by atoms with van der Waals surface area (Å²) in [7, 11) is 0. The van der Waals surface area contributed by atoms with Gasteiger partial charge in [0.1, 0.15) is 5.75 Å². The van der Waals surface area contributed by atoms with Crippen molar-refractivity contribution < 1.29 is 9.53 Å². The molecule has 6 rings (SSSR count). The first-order valence-corrected chi connectivity index (χ1v) is 9.23. The van der Waals surface area contributed by atoms with Crippen LogP contribution in [0.25, 0.3) is 0 Å². The van der Waals surface area contributed by atoms with Crippen molar-refractivity contribution in [3.05, 3.63) is 29.3 Å². The van der Waals surface area contributed by atoms with E-state index < -0.39 is 0 Å². The van der Waals surface area contributed by atoms with Crippen molar-refractivity contribution in [2.75, 3.05) is 6.61 Å². The number of carbonyl (C=O) groups excluding carboxylic acids is 1. The minimum absolute atomic E-state index is 0.131. The molecule has 0 radical (unpaired) electrons. The maximum absolute atomic E-state index is 12.7. The Labute approximate surface area is 137 Å². The number of fused-ring (bicyclic) bond motifs is 1. The lowest BCUT2D eigenvalue weighted by Gasteiger charge is -2.56. The minimum atomic E-state index is 0.131. The molecule has 1 N–H and O–H groups in total. The average molecular weight is 311 g/mol. The van der Waals surface area contributed by atoms with Crippen LogP contribution in [-0.2, 0) is 17.6 Å². The summed E-state index contributed by atoms with van der Waals surface area (Å²) in [5, 5.41) is 3.47. The number of amides is 1. The Bertz CT molecular complexity index is 616. The van der Waals surface area contributed by atoms with E-state index in [1.165, 1.54) is 44.1 Å². The van der Waals surface area contributed by atoms with Gasteiger partial charge in [-0.15, -0.1) is 0 Å². The molecule has 4 saturated carbocycles. The van der Waals surface area contributed by atoms with Crippen LogP contribution in [-0.4, -0.2) is 18.1 Å². The smallest absolute Gasteiger partial charge is 0.224 e. The molecule has 1 amide bonds. The second kappa shape index (κ2) is 4.99. The zero-order valence-corrected chi connectivity index (χ0v) is 13.6. The summed E-state index contributed by atoms with van der Waals surface area (Å²) in [5.74, 6) is 3.83. The molecule has 3 heteroatoms. The van der Waals surface area contributed by atoms with Gasteiger partial charge in [0.15, 0.2) is 0 Å². The summed E-state index contributed by atoms with van der Waals surface area (Å²) < 4.78 is 5.55. The highest BCUT2D eigenvalue weighted by atomic mass is 16.5. The predicted molar refractivity (Wildman–Crippen MR) is 88.4 cm³/mol. The van der Waals surface area contributed by atoms with Crippen molar-refractivity contribution in [1.82, 2.24) is 5.32 Å². The first-order chi connectivity index (χ1) is 11.2. The summed E-state index contributed by atoms with van der Waals surface area (Å²) in [6.07, 6.45) is 9.41. The van der Waals surface area contributed by atoms with E-state index in [-0.39, 0.29) is 11.4 Å². The minimum Gasteiger partial charge on any atom is -0.493 e. The molecule has 4 aliphatic carbocycles. The van der Waals surface area contributed by atoms with E-state index in [1.54, 1.807) is 0 Å². The predicted octanol–water partition coefficient (Wildman–Crippen LogP) is 3.25. The Morgan fingerprint density at radius 2 is 1.83 bits per heavy atom. The van der Waals surface area contributed by atoms with Gasteiger partial charge in [-0.1, -0.05) is 12.1 Å². The van der Waals surface area contributed by atoms with E-state index in [0.717, 1.165) is 42.1 Å². The highest BCUT2D eigenvalue weighted by Gasteiger charge is 2.51. The van der Waals surface area contributed by atoms with Crippen LogP contribution in [0, 0.1) is 17.8 Å². The molecule has 5 aliphatic rings. The summed E-state index contributed by atoms with van der Waals surface area (Å²) in [5.41, 5.74) is 2.51. The topological polar surface area (TPSA) is 38.3 Å². The quantitative estimate of drug-likeness (QED) is 0.930. The summed E-state index contributed by atoms with van der Waals surface area (Å²) in [6.45, 7) is 0.776. The number of hydrogen-bond donors (Lipinski definition) is 1. The Morgan fingerprint density at radius 1 is 1.13 bits per heavy atom. The first-order valence-electron chi connectivity index (χ1n) is 9.23. The van der Waals surface area contributed by atoms with Gasteiger partial charge in [0.25, 0.3) is 0 Å². The third-order valence-corrected chi connectivity index (χ3v) is 6.56. The van der Waals surface area contributed by atoms with Gasteiger partial charge >= 0.3 is 0 Å². The molecule has 0 spiro atoms. The molecular formula is C20H25NO2. The van der Waals surface area contributed by atoms with E-state index in [9.17, 15) is 4.79 Å². The second-order valence-corrected chi connectivity index (χ2v) is 8.46. The van der Waals surface area contributed by atoms with Crippen molar-refractivity contribution in [3.63, 3.8) is 0 Å². The number of nitrogens with one attached hydrogen (secondary N) is 1. The number of ether oxygens (including phenoxy) is 1. The van der Waals surface area contributed by atoms with Gasteiger partial charge in [-0.2, -0.15) is 0 Å². The standard InChI is InChI=1S/C20H25NO2/c22-19(9-13-1-2-18-17(8-13)3-4-23-18)21-20-10-14-5-15(11-20)7-16(6-14)12-20/h1-2,8,14-16H,3-7,9-12H2,(H,21,22). The molecule has 3 nitrogen and oxygen atoms in total. The summed E-state index contributed by atoms with van der Waals surface area (Å²) in [4.78, 5) is 12.7. The Balaban J connectivity index is 1.28. The van der Waals surface area contributed by atoms with Crippen LogP contribution >= 0.6 is 0 Å². The van der Waals surface area contributed by atoms with Gasteiger partial charge in [0, 0.05) is 12.0 Å². The second-order valence-electron chi connectivity index (χ2n) is 8.46. The third kappa shape index (κ3) is 2.45. The van der Waals surface area contributed by atoms with Crippen molar-refractivity contribution in [1.29, 1.82) is 0 Å². The molecule has 1 aliphatic heterocycles. The highest BCUT2D eigenvalue weighted by Crippen LogP contribution is 2.55. The fraction of sp³-hybridized carbons (Fsp3) is 0.650. The maximum atomic E-state index is 12.7. The van der Waals surface area contributed by atoms with E-state index in [1.807, 2.05) is 12.1 Å². The normalized spacial score (nSPS) is 36.6. The van der Waals surface area contributed by atoms with Crippen LogP contribution in [0.15, 0.2) is 18.2 Å². The molecule has 0 unspecified atom stereocenters. The Morgan fingerprint density at radius 3 is 2.52 bits per heavy atom. The molecule has 1 aromatic carbocycles. The molecule has 0 atom stereocenters. The highest BCUT2D eigenvalue weighted by molar-refractivity contribution is 5.79. The van der Waals surface area contributed by atoms with Crippen LogP contribution in [0.4, 0.5) is 0 Å². The molecule has 0 saturated heterocycles. The molecule has 4 fully saturated rings. The van der Waals surface area contributed by atoms with E-state index in [2.05, 4.69) is 11.4 Å². The maximum Gasteiger partial charge on any atom is 0.224 e. The number of benzene rings is 1. The zero-order valence-electron chi connectivity index (χ0n) is 13.6. The Kier molecular flexibility index (Phi) is 3.01.